The third-order valence-electron chi connectivity index (χ3n) is 1.95. The van der Waals surface area contributed by atoms with Crippen molar-refractivity contribution in [3.8, 4) is 0 Å². The highest BCUT2D eigenvalue weighted by atomic mass is 32.2. The van der Waals surface area contributed by atoms with Crippen LogP contribution in [-0.2, 0) is 16.6 Å². The number of nitrogens with zero attached hydrogens (tertiary/aromatic N) is 3. The summed E-state index contributed by atoms with van der Waals surface area (Å²) in [4.78, 5) is 6.54. The lowest BCUT2D eigenvalue weighted by Crippen LogP contribution is -2.14. The van der Waals surface area contributed by atoms with Gasteiger partial charge in [-0.15, -0.1) is 5.10 Å². The van der Waals surface area contributed by atoms with Crippen molar-refractivity contribution < 1.29 is 8.42 Å². The van der Waals surface area contributed by atoms with Crippen LogP contribution in [0.1, 0.15) is 5.69 Å². The first kappa shape index (κ1) is 11.5. The first-order chi connectivity index (χ1) is 8.12. The van der Waals surface area contributed by atoms with E-state index in [1.54, 1.807) is 0 Å². The highest BCUT2D eigenvalue weighted by molar-refractivity contribution is 7.92. The van der Waals surface area contributed by atoms with Gasteiger partial charge in [-0.1, -0.05) is 0 Å². The minimum atomic E-state index is -3.70. The second-order valence-electron chi connectivity index (χ2n) is 3.14. The smallest absolute Gasteiger partial charge is 0.265 e. The van der Waals surface area contributed by atoms with Crippen molar-refractivity contribution in [2.75, 3.05) is 4.72 Å². The Morgan fingerprint density at radius 3 is 2.82 bits per heavy atom. The van der Waals surface area contributed by atoms with E-state index in [1.165, 1.54) is 24.7 Å². The van der Waals surface area contributed by atoms with Crippen LogP contribution in [0, 0.1) is 0 Å². The molecule has 0 spiro atoms. The van der Waals surface area contributed by atoms with Gasteiger partial charge in [0.1, 0.15) is 4.90 Å². The molecule has 0 amide bonds. The minimum absolute atomic E-state index is 0.0744. The second-order valence-corrected chi connectivity index (χ2v) is 4.82. The number of aromatic nitrogens is 4. The van der Waals surface area contributed by atoms with E-state index in [4.69, 9.17) is 5.73 Å². The molecule has 2 aromatic heterocycles. The first-order valence-electron chi connectivity index (χ1n) is 4.66. The summed E-state index contributed by atoms with van der Waals surface area (Å²) in [5, 5.41) is 7.05. The lowest BCUT2D eigenvalue weighted by Gasteiger charge is -2.02. The maximum absolute atomic E-state index is 11.9. The molecule has 2 aromatic rings. The number of rotatable bonds is 4. The molecule has 90 valence electrons. The quantitative estimate of drug-likeness (QED) is 0.672. The molecule has 9 heteroatoms. The normalized spacial score (nSPS) is 11.4. The molecule has 0 saturated carbocycles. The lowest BCUT2D eigenvalue weighted by molar-refractivity contribution is 0.600. The molecule has 4 N–H and O–H groups in total. The molecule has 0 fully saturated rings. The predicted octanol–water partition coefficient (Wildman–Crippen LogP) is -0.541. The number of hydrogen-bond donors (Lipinski definition) is 3. The van der Waals surface area contributed by atoms with E-state index >= 15 is 0 Å². The molecule has 0 atom stereocenters. The van der Waals surface area contributed by atoms with Crippen LogP contribution in [0.5, 0.6) is 0 Å². The molecule has 0 bridgehead atoms. The Morgan fingerprint density at radius 1 is 1.41 bits per heavy atom. The van der Waals surface area contributed by atoms with Gasteiger partial charge < -0.3 is 10.7 Å². The fourth-order valence-corrected chi connectivity index (χ4v) is 2.13. The van der Waals surface area contributed by atoms with Crippen molar-refractivity contribution in [2.45, 2.75) is 11.4 Å². The lowest BCUT2D eigenvalue weighted by atomic mass is 10.4. The van der Waals surface area contributed by atoms with E-state index in [9.17, 15) is 8.42 Å². The molecule has 0 aromatic carbocycles. The van der Waals surface area contributed by atoms with Gasteiger partial charge in [0.15, 0.2) is 0 Å². The van der Waals surface area contributed by atoms with Crippen LogP contribution < -0.4 is 10.5 Å². The van der Waals surface area contributed by atoms with E-state index < -0.39 is 10.0 Å². The molecule has 8 nitrogen and oxygen atoms in total. The van der Waals surface area contributed by atoms with Crippen molar-refractivity contribution in [1.82, 2.24) is 20.2 Å². The zero-order valence-electron chi connectivity index (χ0n) is 8.66. The molecule has 0 aliphatic rings. The topological polar surface area (TPSA) is 127 Å². The second kappa shape index (κ2) is 4.47. The maximum atomic E-state index is 11.9. The van der Waals surface area contributed by atoms with Crippen LogP contribution in [0.15, 0.2) is 29.6 Å². The molecular weight excluding hydrogens is 244 g/mol. The van der Waals surface area contributed by atoms with Crippen molar-refractivity contribution in [1.29, 1.82) is 0 Å². The fourth-order valence-electron chi connectivity index (χ4n) is 1.17. The summed E-state index contributed by atoms with van der Waals surface area (Å²) in [5.74, 6) is -0.0806. The fraction of sp³-hybridized carbons (Fsp3) is 0.125. The largest absolute Gasteiger partial charge is 0.363 e. The van der Waals surface area contributed by atoms with E-state index in [0.717, 1.165) is 0 Å². The number of hydrogen-bond acceptors (Lipinski definition) is 6. The Hall–Kier alpha value is -2.00. The third kappa shape index (κ3) is 2.57. The molecule has 0 saturated heterocycles. The van der Waals surface area contributed by atoms with Gasteiger partial charge in [0, 0.05) is 18.4 Å². The van der Waals surface area contributed by atoms with Gasteiger partial charge in [-0.25, -0.2) is 18.1 Å². The summed E-state index contributed by atoms with van der Waals surface area (Å²) in [6.45, 7) is 0.235. The molecule has 17 heavy (non-hydrogen) atoms. The summed E-state index contributed by atoms with van der Waals surface area (Å²) in [5.41, 5.74) is 6.00. The molecule has 0 aliphatic heterocycles. The van der Waals surface area contributed by atoms with E-state index in [-0.39, 0.29) is 17.4 Å². The summed E-state index contributed by atoms with van der Waals surface area (Å²) >= 11 is 0. The van der Waals surface area contributed by atoms with Gasteiger partial charge in [-0.3, -0.25) is 0 Å². The number of aromatic amines is 1. The van der Waals surface area contributed by atoms with Crippen LogP contribution in [0.2, 0.25) is 0 Å². The Bertz CT molecular complexity index is 593. The number of nitrogens with two attached hydrogens (primary N) is 1. The Kier molecular flexibility index (Phi) is 3.02. The summed E-state index contributed by atoms with van der Waals surface area (Å²) < 4.78 is 25.9. The van der Waals surface area contributed by atoms with E-state index in [2.05, 4.69) is 24.9 Å². The van der Waals surface area contributed by atoms with Gasteiger partial charge in [-0.2, -0.15) is 5.10 Å². The number of sulfonamides is 1. The van der Waals surface area contributed by atoms with Gasteiger partial charge in [-0.05, 0) is 6.07 Å². The van der Waals surface area contributed by atoms with Gasteiger partial charge in [0.25, 0.3) is 16.0 Å². The first-order valence-corrected chi connectivity index (χ1v) is 6.14. The van der Waals surface area contributed by atoms with Gasteiger partial charge >= 0.3 is 0 Å². The van der Waals surface area contributed by atoms with Crippen LogP contribution >= 0.6 is 0 Å². The molecule has 2 heterocycles. The van der Waals surface area contributed by atoms with Crippen LogP contribution in [0.4, 0.5) is 5.95 Å². The number of anilines is 1. The van der Waals surface area contributed by atoms with Crippen LogP contribution in [0.25, 0.3) is 0 Å². The average Bonchev–Trinajstić information content (AvgIpc) is 2.79. The van der Waals surface area contributed by atoms with E-state index in [1.807, 2.05) is 0 Å². The average molecular weight is 254 g/mol. The standard InChI is InChI=1S/C8H10N6O2S/c9-4-6-3-7(5-11-6)17(15,16)14-8-10-1-2-12-13-8/h1-3,5,11H,4,9H2,(H,10,13,14). The number of nitrogens with one attached hydrogen (secondary N) is 2. The molecule has 2 rings (SSSR count). The zero-order chi connectivity index (χ0) is 12.3. The molecular formula is C8H10N6O2S. The predicted molar refractivity (Wildman–Crippen MR) is 59.3 cm³/mol. The SMILES string of the molecule is NCc1cc(S(=O)(=O)Nc2nccnn2)c[nH]1. The maximum Gasteiger partial charge on any atom is 0.265 e. The summed E-state index contributed by atoms with van der Waals surface area (Å²) in [6.07, 6.45) is 4.04. The molecule has 0 radical (unpaired) electrons. The van der Waals surface area contributed by atoms with E-state index in [0.29, 0.717) is 5.69 Å². The van der Waals surface area contributed by atoms with Crippen molar-refractivity contribution in [3.63, 3.8) is 0 Å². The van der Waals surface area contributed by atoms with Crippen molar-refractivity contribution in [3.05, 3.63) is 30.4 Å². The van der Waals surface area contributed by atoms with Crippen molar-refractivity contribution >= 4 is 16.0 Å². The number of H-pyrrole nitrogens is 1. The van der Waals surface area contributed by atoms with Gasteiger partial charge in [0.05, 0.1) is 12.4 Å². The Morgan fingerprint density at radius 2 is 2.24 bits per heavy atom. The molecule has 0 aliphatic carbocycles. The summed E-state index contributed by atoms with van der Waals surface area (Å²) in [6, 6.07) is 1.44. The minimum Gasteiger partial charge on any atom is -0.363 e. The van der Waals surface area contributed by atoms with Crippen LogP contribution in [-0.4, -0.2) is 28.6 Å². The zero-order valence-corrected chi connectivity index (χ0v) is 9.48. The summed E-state index contributed by atoms with van der Waals surface area (Å²) in [7, 11) is -3.70. The molecule has 0 unspecified atom stereocenters. The van der Waals surface area contributed by atoms with Crippen LogP contribution in [0.3, 0.4) is 0 Å². The van der Waals surface area contributed by atoms with Crippen molar-refractivity contribution in [2.24, 2.45) is 5.73 Å². The monoisotopic (exact) mass is 254 g/mol. The Balaban J connectivity index is 2.25. The highest BCUT2D eigenvalue weighted by Gasteiger charge is 2.17. The van der Waals surface area contributed by atoms with Gasteiger partial charge in [0.2, 0.25) is 0 Å². The Labute approximate surface area is 97.3 Å². The third-order valence-corrected chi connectivity index (χ3v) is 3.26. The highest BCUT2D eigenvalue weighted by Crippen LogP contribution is 2.13.